The first-order chi connectivity index (χ1) is 12.1. The predicted molar refractivity (Wildman–Crippen MR) is 100 cm³/mol. The van der Waals surface area contributed by atoms with Crippen molar-refractivity contribution in [2.24, 2.45) is 5.73 Å². The van der Waals surface area contributed by atoms with Gasteiger partial charge in [0.2, 0.25) is 5.91 Å². The molecule has 0 fully saturated rings. The summed E-state index contributed by atoms with van der Waals surface area (Å²) in [4.78, 5) is 12.1. The highest BCUT2D eigenvalue weighted by molar-refractivity contribution is 6.18. The second-order valence-corrected chi connectivity index (χ2v) is 6.17. The van der Waals surface area contributed by atoms with Crippen LogP contribution in [0, 0.1) is 5.82 Å². The van der Waals surface area contributed by atoms with E-state index in [4.69, 9.17) is 17.3 Å². The van der Waals surface area contributed by atoms with E-state index in [1.165, 1.54) is 12.1 Å². The van der Waals surface area contributed by atoms with E-state index >= 15 is 0 Å². The first kappa shape index (κ1) is 19.2. The highest BCUT2D eigenvalue weighted by Gasteiger charge is 2.13. The van der Waals surface area contributed by atoms with Crippen molar-refractivity contribution in [1.82, 2.24) is 5.32 Å². The minimum absolute atomic E-state index is 0.188. The van der Waals surface area contributed by atoms with Crippen LogP contribution >= 0.6 is 11.6 Å². The SMILES string of the molecule is N[C@@H](Cc1ccc(NCCCl)cc1)C(=O)NCCc1ccc(F)cc1. The molecule has 4 nitrogen and oxygen atoms in total. The summed E-state index contributed by atoms with van der Waals surface area (Å²) in [5.74, 6) is 0.0928. The Morgan fingerprint density at radius 2 is 1.68 bits per heavy atom. The van der Waals surface area contributed by atoms with Crippen molar-refractivity contribution in [3.63, 3.8) is 0 Å². The average molecular weight is 364 g/mol. The van der Waals surface area contributed by atoms with Crippen molar-refractivity contribution >= 4 is 23.2 Å². The van der Waals surface area contributed by atoms with Crippen LogP contribution in [0.5, 0.6) is 0 Å². The molecule has 0 aliphatic heterocycles. The third-order valence-corrected chi connectivity index (χ3v) is 3.99. The van der Waals surface area contributed by atoms with Gasteiger partial charge in [-0.3, -0.25) is 4.79 Å². The second-order valence-electron chi connectivity index (χ2n) is 5.79. The molecule has 0 aliphatic rings. The van der Waals surface area contributed by atoms with Gasteiger partial charge in [-0.2, -0.15) is 0 Å². The zero-order chi connectivity index (χ0) is 18.1. The van der Waals surface area contributed by atoms with Gasteiger partial charge in [0.15, 0.2) is 0 Å². The van der Waals surface area contributed by atoms with Crippen molar-refractivity contribution in [3.05, 3.63) is 65.5 Å². The lowest BCUT2D eigenvalue weighted by molar-refractivity contribution is -0.122. The van der Waals surface area contributed by atoms with Gasteiger partial charge in [0.05, 0.1) is 6.04 Å². The number of benzene rings is 2. The van der Waals surface area contributed by atoms with Crippen LogP contribution in [0.25, 0.3) is 0 Å². The van der Waals surface area contributed by atoms with Crippen LogP contribution < -0.4 is 16.4 Å². The number of alkyl halides is 1. The van der Waals surface area contributed by atoms with E-state index in [1.807, 2.05) is 24.3 Å². The fourth-order valence-electron chi connectivity index (χ4n) is 2.41. The molecule has 0 unspecified atom stereocenters. The Balaban J connectivity index is 1.74. The Hall–Kier alpha value is -2.11. The van der Waals surface area contributed by atoms with Crippen molar-refractivity contribution in [3.8, 4) is 0 Å². The molecular weight excluding hydrogens is 341 g/mol. The molecule has 134 valence electrons. The third kappa shape index (κ3) is 6.72. The predicted octanol–water partition coefficient (Wildman–Crippen LogP) is 2.71. The first-order valence-corrected chi connectivity index (χ1v) is 8.78. The molecule has 0 heterocycles. The molecule has 0 saturated heterocycles. The van der Waals surface area contributed by atoms with Crippen LogP contribution in [0.4, 0.5) is 10.1 Å². The molecule has 4 N–H and O–H groups in total. The van der Waals surface area contributed by atoms with Gasteiger partial charge < -0.3 is 16.4 Å². The summed E-state index contributed by atoms with van der Waals surface area (Å²) in [6.07, 6.45) is 1.11. The molecule has 6 heteroatoms. The van der Waals surface area contributed by atoms with E-state index < -0.39 is 6.04 Å². The normalized spacial score (nSPS) is 11.8. The van der Waals surface area contributed by atoms with Gasteiger partial charge in [0.25, 0.3) is 0 Å². The largest absolute Gasteiger partial charge is 0.384 e. The molecule has 25 heavy (non-hydrogen) atoms. The minimum atomic E-state index is -0.602. The van der Waals surface area contributed by atoms with Gasteiger partial charge in [0, 0.05) is 24.7 Å². The van der Waals surface area contributed by atoms with E-state index in [2.05, 4.69) is 10.6 Å². The maximum Gasteiger partial charge on any atom is 0.237 e. The number of anilines is 1. The Labute approximate surface area is 152 Å². The summed E-state index contributed by atoms with van der Waals surface area (Å²) in [6.45, 7) is 1.18. The van der Waals surface area contributed by atoms with Gasteiger partial charge in [-0.15, -0.1) is 11.6 Å². The summed E-state index contributed by atoms with van der Waals surface area (Å²) in [5, 5.41) is 6.00. The maximum atomic E-state index is 12.8. The van der Waals surface area contributed by atoms with Gasteiger partial charge in [-0.25, -0.2) is 4.39 Å². The topological polar surface area (TPSA) is 67.1 Å². The van der Waals surface area contributed by atoms with Crippen molar-refractivity contribution in [2.45, 2.75) is 18.9 Å². The molecular formula is C19H23ClFN3O. The van der Waals surface area contributed by atoms with Gasteiger partial charge in [-0.1, -0.05) is 24.3 Å². The highest BCUT2D eigenvalue weighted by atomic mass is 35.5. The minimum Gasteiger partial charge on any atom is -0.384 e. The van der Waals surface area contributed by atoms with Crippen LogP contribution in [0.2, 0.25) is 0 Å². The van der Waals surface area contributed by atoms with E-state index in [0.29, 0.717) is 31.8 Å². The molecule has 1 atom stereocenters. The van der Waals surface area contributed by atoms with E-state index in [1.54, 1.807) is 12.1 Å². The standard InChI is InChI=1S/C19H23ClFN3O/c20-10-12-23-17-7-3-15(4-8-17)13-18(22)19(25)24-11-9-14-1-5-16(21)6-2-14/h1-8,18,23H,9-13,22H2,(H,24,25)/t18-/m0/s1. The lowest BCUT2D eigenvalue weighted by Crippen LogP contribution is -2.42. The Morgan fingerprint density at radius 3 is 2.32 bits per heavy atom. The molecule has 2 rings (SSSR count). The number of carbonyl (C=O) groups is 1. The van der Waals surface area contributed by atoms with Crippen LogP contribution in [-0.2, 0) is 17.6 Å². The Kier molecular flexibility index (Phi) is 7.70. The van der Waals surface area contributed by atoms with E-state index in [9.17, 15) is 9.18 Å². The third-order valence-electron chi connectivity index (χ3n) is 3.80. The van der Waals surface area contributed by atoms with Crippen molar-refractivity contribution in [2.75, 3.05) is 24.3 Å². The highest BCUT2D eigenvalue weighted by Crippen LogP contribution is 2.11. The summed E-state index contributed by atoms with van der Waals surface area (Å²) < 4.78 is 12.8. The smallest absolute Gasteiger partial charge is 0.237 e. The molecule has 1 amide bonds. The summed E-state index contributed by atoms with van der Waals surface area (Å²) in [7, 11) is 0. The quantitative estimate of drug-likeness (QED) is 0.600. The number of nitrogens with one attached hydrogen (secondary N) is 2. The monoisotopic (exact) mass is 363 g/mol. The fourth-order valence-corrected chi connectivity index (χ4v) is 2.50. The number of rotatable bonds is 9. The average Bonchev–Trinajstić information content (AvgIpc) is 2.62. The van der Waals surface area contributed by atoms with Gasteiger partial charge in [-0.05, 0) is 48.2 Å². The lowest BCUT2D eigenvalue weighted by Gasteiger charge is -2.13. The molecule has 0 aliphatic carbocycles. The van der Waals surface area contributed by atoms with Crippen molar-refractivity contribution < 1.29 is 9.18 Å². The zero-order valence-electron chi connectivity index (χ0n) is 14.0. The van der Waals surface area contributed by atoms with Crippen molar-refractivity contribution in [1.29, 1.82) is 0 Å². The number of hydrogen-bond acceptors (Lipinski definition) is 3. The number of nitrogens with two attached hydrogens (primary N) is 1. The molecule has 0 saturated carbocycles. The van der Waals surface area contributed by atoms with E-state index in [-0.39, 0.29) is 11.7 Å². The number of halogens is 2. The van der Waals surface area contributed by atoms with Crippen LogP contribution in [0.3, 0.4) is 0 Å². The molecule has 2 aromatic carbocycles. The zero-order valence-corrected chi connectivity index (χ0v) is 14.7. The summed E-state index contributed by atoms with van der Waals surface area (Å²) in [6, 6.07) is 13.4. The van der Waals surface area contributed by atoms with Crippen LogP contribution in [0.1, 0.15) is 11.1 Å². The molecule has 0 bridgehead atoms. The number of hydrogen-bond donors (Lipinski definition) is 3. The fraction of sp³-hybridized carbons (Fsp3) is 0.316. The van der Waals surface area contributed by atoms with E-state index in [0.717, 1.165) is 16.8 Å². The Morgan fingerprint density at radius 1 is 1.04 bits per heavy atom. The summed E-state index contributed by atoms with van der Waals surface area (Å²) >= 11 is 5.63. The molecule has 2 aromatic rings. The molecule has 0 spiro atoms. The Bertz CT molecular complexity index is 661. The number of amides is 1. The van der Waals surface area contributed by atoms with Crippen LogP contribution in [-0.4, -0.2) is 30.9 Å². The molecule has 0 aromatic heterocycles. The summed E-state index contributed by atoms with van der Waals surface area (Å²) in [5.41, 5.74) is 8.93. The van der Waals surface area contributed by atoms with Gasteiger partial charge in [0.1, 0.15) is 5.82 Å². The molecule has 0 radical (unpaired) electrons. The lowest BCUT2D eigenvalue weighted by atomic mass is 10.1. The van der Waals surface area contributed by atoms with Crippen LogP contribution in [0.15, 0.2) is 48.5 Å². The van der Waals surface area contributed by atoms with Gasteiger partial charge >= 0.3 is 0 Å². The second kappa shape index (κ2) is 10.0. The maximum absolute atomic E-state index is 12.8. The first-order valence-electron chi connectivity index (χ1n) is 8.25. The number of carbonyl (C=O) groups excluding carboxylic acids is 1.